The summed E-state index contributed by atoms with van der Waals surface area (Å²) in [5.74, 6) is -1.65. The van der Waals surface area contributed by atoms with Gasteiger partial charge in [-0.2, -0.15) is 0 Å². The van der Waals surface area contributed by atoms with E-state index in [0.29, 0.717) is 0 Å². The quantitative estimate of drug-likeness (QED) is 0.528. The summed E-state index contributed by atoms with van der Waals surface area (Å²) in [6, 6.07) is -0.0830. The van der Waals surface area contributed by atoms with E-state index in [0.717, 1.165) is 25.1 Å². The molecule has 2 heterocycles. The first-order chi connectivity index (χ1) is 11.2. The Hall–Kier alpha value is -1.44. The van der Waals surface area contributed by atoms with Crippen molar-refractivity contribution in [3.05, 3.63) is 11.6 Å². The zero-order chi connectivity index (χ0) is 18.1. The Morgan fingerprint density at radius 2 is 2.08 bits per heavy atom. The lowest BCUT2D eigenvalue weighted by atomic mass is 9.85. The summed E-state index contributed by atoms with van der Waals surface area (Å²) in [5, 5.41) is 20.2. The van der Waals surface area contributed by atoms with Crippen LogP contribution in [0, 0.1) is 5.92 Å². The molecule has 2 N–H and O–H groups in total. The van der Waals surface area contributed by atoms with E-state index in [1.54, 1.807) is 13.8 Å². The molecule has 2 aliphatic heterocycles. The average Bonchev–Trinajstić information content (AvgIpc) is 3.06. The molecule has 4 atom stereocenters. The van der Waals surface area contributed by atoms with Crippen LogP contribution in [-0.4, -0.2) is 70.6 Å². The molecule has 136 valence electrons. The number of rotatable bonds is 6. The summed E-state index contributed by atoms with van der Waals surface area (Å²) in [7, 11) is 0. The molecule has 1 fully saturated rings. The second-order valence-corrected chi connectivity index (χ2v) is 6.89. The molecule has 24 heavy (non-hydrogen) atoms. The highest BCUT2D eigenvalue weighted by Gasteiger charge is 2.47. The lowest BCUT2D eigenvalue weighted by molar-refractivity contribution is -0.184. The zero-order valence-electron chi connectivity index (χ0n) is 14.7. The fraction of sp³-hybridized carbons (Fsp3) is 0.765. The maximum absolute atomic E-state index is 12.3. The monoisotopic (exact) mass is 341 g/mol. The largest absolute Gasteiger partial charge is 0.460 e. The van der Waals surface area contributed by atoms with Crippen LogP contribution < -0.4 is 0 Å². The van der Waals surface area contributed by atoms with Crippen molar-refractivity contribution in [2.24, 2.45) is 5.92 Å². The van der Waals surface area contributed by atoms with Crippen molar-refractivity contribution in [1.82, 2.24) is 4.90 Å². The Labute approximate surface area is 142 Å². The van der Waals surface area contributed by atoms with Crippen LogP contribution in [0.4, 0.5) is 0 Å². The third-order valence-corrected chi connectivity index (χ3v) is 4.95. The molecule has 0 bridgehead atoms. The number of ether oxygens (including phenoxy) is 2. The van der Waals surface area contributed by atoms with E-state index in [4.69, 9.17) is 9.47 Å². The third-order valence-electron chi connectivity index (χ3n) is 4.95. The smallest absolute Gasteiger partial charge is 0.341 e. The Kier molecular flexibility index (Phi) is 5.67. The minimum atomic E-state index is -1.94. The van der Waals surface area contributed by atoms with Crippen LogP contribution in [0.3, 0.4) is 0 Å². The van der Waals surface area contributed by atoms with Gasteiger partial charge < -0.3 is 19.7 Å². The van der Waals surface area contributed by atoms with Crippen molar-refractivity contribution in [3.63, 3.8) is 0 Å². The molecular weight excluding hydrogens is 314 g/mol. The highest BCUT2D eigenvalue weighted by Crippen LogP contribution is 2.32. The van der Waals surface area contributed by atoms with Crippen molar-refractivity contribution in [1.29, 1.82) is 0 Å². The molecule has 0 aromatic rings. The number of aliphatic hydroxyl groups is 2. The Balaban J connectivity index is 2.01. The summed E-state index contributed by atoms with van der Waals surface area (Å²) < 4.78 is 10.6. The molecule has 0 saturated carbocycles. The maximum Gasteiger partial charge on any atom is 0.341 e. The highest BCUT2D eigenvalue weighted by molar-refractivity contribution is 5.80. The fourth-order valence-corrected chi connectivity index (χ4v) is 3.49. The molecule has 0 amide bonds. The van der Waals surface area contributed by atoms with Crippen molar-refractivity contribution in [2.45, 2.75) is 58.0 Å². The van der Waals surface area contributed by atoms with Crippen LogP contribution in [0.15, 0.2) is 11.6 Å². The van der Waals surface area contributed by atoms with Crippen LogP contribution in [0.1, 0.15) is 34.1 Å². The predicted molar refractivity (Wildman–Crippen MR) is 86.0 cm³/mol. The summed E-state index contributed by atoms with van der Waals surface area (Å²) in [4.78, 5) is 25.7. The van der Waals surface area contributed by atoms with Gasteiger partial charge in [0.1, 0.15) is 12.7 Å². The molecule has 0 aliphatic carbocycles. The zero-order valence-corrected chi connectivity index (χ0v) is 14.7. The van der Waals surface area contributed by atoms with Gasteiger partial charge in [-0.15, -0.1) is 0 Å². The van der Waals surface area contributed by atoms with Crippen molar-refractivity contribution in [2.75, 3.05) is 19.7 Å². The van der Waals surface area contributed by atoms with Gasteiger partial charge in [-0.3, -0.25) is 9.69 Å². The Morgan fingerprint density at radius 3 is 2.62 bits per heavy atom. The summed E-state index contributed by atoms with van der Waals surface area (Å²) in [6.45, 7) is 7.61. The molecule has 2 aliphatic rings. The van der Waals surface area contributed by atoms with E-state index < -0.39 is 23.6 Å². The predicted octanol–water partition coefficient (Wildman–Crippen LogP) is 0.244. The topological polar surface area (TPSA) is 96.3 Å². The molecule has 2 rings (SSSR count). The molecule has 4 unspecified atom stereocenters. The Morgan fingerprint density at radius 1 is 1.42 bits per heavy atom. The maximum atomic E-state index is 12.3. The van der Waals surface area contributed by atoms with E-state index in [1.165, 1.54) is 13.8 Å². The van der Waals surface area contributed by atoms with E-state index in [1.807, 2.05) is 6.08 Å². The molecule has 7 nitrogen and oxygen atoms in total. The number of fused-ring (bicyclic) bond motifs is 1. The number of carbonyl (C=O) groups is 2. The molecule has 0 spiro atoms. The normalized spacial score (nSPS) is 27.4. The van der Waals surface area contributed by atoms with E-state index in [9.17, 15) is 19.8 Å². The van der Waals surface area contributed by atoms with Crippen molar-refractivity contribution < 1.29 is 29.3 Å². The lowest BCUT2D eigenvalue weighted by Gasteiger charge is -2.32. The standard InChI is InChI=1S/C17H27NO6/c1-10(2)17(22,11(3)19)16(21)23-9-13-5-7-18-8-6-14(15(13)18)24-12(4)20/h5,10-11,14-15,19,22H,6-9H2,1-4H3. The number of carbonyl (C=O) groups excluding carboxylic acids is 2. The van der Waals surface area contributed by atoms with Crippen LogP contribution in [0.2, 0.25) is 0 Å². The highest BCUT2D eigenvalue weighted by atomic mass is 16.6. The number of nitrogens with zero attached hydrogens (tertiary/aromatic N) is 1. The molecule has 0 aromatic carbocycles. The van der Waals surface area contributed by atoms with Crippen LogP contribution in [-0.2, 0) is 19.1 Å². The summed E-state index contributed by atoms with van der Waals surface area (Å²) >= 11 is 0. The van der Waals surface area contributed by atoms with Crippen LogP contribution in [0.5, 0.6) is 0 Å². The molecular formula is C17H27NO6. The van der Waals surface area contributed by atoms with Gasteiger partial charge >= 0.3 is 11.9 Å². The number of esters is 2. The van der Waals surface area contributed by atoms with Gasteiger partial charge in [0, 0.05) is 20.0 Å². The summed E-state index contributed by atoms with van der Waals surface area (Å²) in [6.07, 6.45) is 1.24. The van der Waals surface area contributed by atoms with Gasteiger partial charge in [0.05, 0.1) is 12.1 Å². The second kappa shape index (κ2) is 7.21. The summed E-state index contributed by atoms with van der Waals surface area (Å²) in [5.41, 5.74) is -1.08. The lowest BCUT2D eigenvalue weighted by Crippen LogP contribution is -2.53. The van der Waals surface area contributed by atoms with Gasteiger partial charge in [0.2, 0.25) is 0 Å². The minimum Gasteiger partial charge on any atom is -0.460 e. The van der Waals surface area contributed by atoms with Gasteiger partial charge in [-0.05, 0) is 24.8 Å². The van der Waals surface area contributed by atoms with E-state index in [-0.39, 0.29) is 24.7 Å². The number of aliphatic hydroxyl groups excluding tert-OH is 1. The van der Waals surface area contributed by atoms with Crippen LogP contribution >= 0.6 is 0 Å². The van der Waals surface area contributed by atoms with Gasteiger partial charge in [0.25, 0.3) is 0 Å². The fourth-order valence-electron chi connectivity index (χ4n) is 3.49. The number of hydrogen-bond acceptors (Lipinski definition) is 7. The van der Waals surface area contributed by atoms with E-state index in [2.05, 4.69) is 4.90 Å². The van der Waals surface area contributed by atoms with Crippen molar-refractivity contribution >= 4 is 11.9 Å². The van der Waals surface area contributed by atoms with Gasteiger partial charge in [0.15, 0.2) is 5.60 Å². The molecule has 0 aromatic heterocycles. The minimum absolute atomic E-state index is 0.0134. The first kappa shape index (κ1) is 18.9. The number of hydrogen-bond donors (Lipinski definition) is 2. The molecule has 7 heteroatoms. The SMILES string of the molecule is CC(=O)OC1CCN2CC=C(COC(=O)C(O)(C(C)C)C(C)O)C12. The first-order valence-corrected chi connectivity index (χ1v) is 8.35. The Bertz CT molecular complexity index is 519. The average molecular weight is 341 g/mol. The van der Waals surface area contributed by atoms with Crippen LogP contribution in [0.25, 0.3) is 0 Å². The van der Waals surface area contributed by atoms with Crippen molar-refractivity contribution in [3.8, 4) is 0 Å². The van der Waals surface area contributed by atoms with Gasteiger partial charge in [-0.25, -0.2) is 4.79 Å². The first-order valence-electron chi connectivity index (χ1n) is 8.35. The molecule has 0 radical (unpaired) electrons. The third kappa shape index (κ3) is 3.48. The second-order valence-electron chi connectivity index (χ2n) is 6.89. The van der Waals surface area contributed by atoms with Gasteiger partial charge in [-0.1, -0.05) is 19.9 Å². The van der Waals surface area contributed by atoms with E-state index >= 15 is 0 Å². The molecule has 1 saturated heterocycles.